The van der Waals surface area contributed by atoms with E-state index in [4.69, 9.17) is 9.47 Å². The summed E-state index contributed by atoms with van der Waals surface area (Å²) in [4.78, 5) is 11.6. The van der Waals surface area contributed by atoms with Gasteiger partial charge in [0.1, 0.15) is 13.2 Å². The smallest absolute Gasteiger partial charge is 0.320 e. The Morgan fingerprint density at radius 3 is 2.89 bits per heavy atom. The molecule has 1 aromatic heterocycles. The fraction of sp³-hybridized carbons (Fsp3) is 0.524. The molecule has 3 heterocycles. The lowest BCUT2D eigenvalue weighted by Crippen LogP contribution is -2.40. The van der Waals surface area contributed by atoms with Crippen molar-refractivity contribution in [3.63, 3.8) is 0 Å². The van der Waals surface area contributed by atoms with Crippen LogP contribution in [0.25, 0.3) is 0 Å². The molecular weight excluding hydrogens is 340 g/mol. The minimum Gasteiger partial charge on any atom is -0.472 e. The summed E-state index contributed by atoms with van der Waals surface area (Å²) >= 11 is 0. The molecule has 1 saturated heterocycles. The third-order valence-electron chi connectivity index (χ3n) is 5.42. The molecule has 1 fully saturated rings. The molecule has 2 aliphatic rings. The van der Waals surface area contributed by atoms with Gasteiger partial charge in [-0.1, -0.05) is 36.8 Å². The number of benzene rings is 1. The van der Waals surface area contributed by atoms with E-state index >= 15 is 0 Å². The van der Waals surface area contributed by atoms with Gasteiger partial charge in [0.05, 0.1) is 5.69 Å². The van der Waals surface area contributed by atoms with Crippen molar-refractivity contribution in [1.82, 2.24) is 20.2 Å². The highest BCUT2D eigenvalue weighted by Crippen LogP contribution is 2.26. The van der Waals surface area contributed by atoms with Crippen molar-refractivity contribution >= 4 is 0 Å². The Morgan fingerprint density at radius 2 is 2.04 bits per heavy atom. The first kappa shape index (κ1) is 18.2. The first-order valence-corrected chi connectivity index (χ1v) is 9.90. The van der Waals surface area contributed by atoms with Crippen LogP contribution in [-0.2, 0) is 19.6 Å². The maximum Gasteiger partial charge on any atom is 0.320 e. The number of likely N-dealkylation sites (tertiary alicyclic amines) is 1. The van der Waals surface area contributed by atoms with Crippen LogP contribution in [0.5, 0.6) is 11.9 Å². The van der Waals surface area contributed by atoms with E-state index in [0.29, 0.717) is 31.1 Å². The van der Waals surface area contributed by atoms with Crippen molar-refractivity contribution in [1.29, 1.82) is 0 Å². The number of nitrogens with zero attached hydrogens (tertiary/aromatic N) is 3. The molecule has 0 radical (unpaired) electrons. The molecule has 1 atom stereocenters. The highest BCUT2D eigenvalue weighted by atomic mass is 16.5. The number of aromatic nitrogens is 2. The average Bonchev–Trinajstić information content (AvgIpc) is 2.72. The summed E-state index contributed by atoms with van der Waals surface area (Å²) in [5.74, 6) is 0.664. The summed E-state index contributed by atoms with van der Waals surface area (Å²) in [6.45, 7) is 3.92. The van der Waals surface area contributed by atoms with Crippen LogP contribution >= 0.6 is 0 Å². The van der Waals surface area contributed by atoms with Gasteiger partial charge in [-0.15, -0.1) is 0 Å². The predicted octanol–water partition coefficient (Wildman–Crippen LogP) is 2.56. The van der Waals surface area contributed by atoms with Gasteiger partial charge < -0.3 is 19.7 Å². The van der Waals surface area contributed by atoms with Crippen LogP contribution < -0.4 is 14.8 Å². The maximum atomic E-state index is 6.07. The fourth-order valence-electron chi connectivity index (χ4n) is 3.74. The van der Waals surface area contributed by atoms with Crippen molar-refractivity contribution in [2.75, 3.05) is 26.7 Å². The van der Waals surface area contributed by atoms with Crippen LogP contribution in [0.15, 0.2) is 30.3 Å². The van der Waals surface area contributed by atoms with Crippen LogP contribution in [0, 0.1) is 0 Å². The third kappa shape index (κ3) is 4.57. The molecule has 0 unspecified atom stereocenters. The molecule has 0 spiro atoms. The monoisotopic (exact) mass is 368 g/mol. The minimum atomic E-state index is 0.430. The normalized spacial score (nSPS) is 20.1. The summed E-state index contributed by atoms with van der Waals surface area (Å²) in [5.41, 5.74) is 3.23. The third-order valence-corrected chi connectivity index (χ3v) is 5.42. The van der Waals surface area contributed by atoms with Gasteiger partial charge in [-0.25, -0.2) is 0 Å². The zero-order valence-electron chi connectivity index (χ0n) is 16.0. The first-order chi connectivity index (χ1) is 13.3. The van der Waals surface area contributed by atoms with E-state index in [-0.39, 0.29) is 0 Å². The zero-order valence-corrected chi connectivity index (χ0v) is 16.0. The number of ether oxygens (including phenoxy) is 2. The SMILES string of the molecule is CN1CCCC[C@H]1COc1nc2c(c(OCc3ccccc3)n1)CCNC2. The van der Waals surface area contributed by atoms with E-state index in [1.807, 2.05) is 18.2 Å². The summed E-state index contributed by atoms with van der Waals surface area (Å²) in [6, 6.07) is 11.0. The molecule has 2 aromatic rings. The number of likely N-dealkylation sites (N-methyl/N-ethyl adjacent to an activating group) is 1. The Bertz CT molecular complexity index is 753. The van der Waals surface area contributed by atoms with Crippen LogP contribution in [-0.4, -0.2) is 47.7 Å². The van der Waals surface area contributed by atoms with E-state index in [0.717, 1.165) is 42.9 Å². The van der Waals surface area contributed by atoms with Crippen LogP contribution in [0.3, 0.4) is 0 Å². The quantitative estimate of drug-likeness (QED) is 0.846. The lowest BCUT2D eigenvalue weighted by atomic mass is 10.0. The molecule has 4 rings (SSSR count). The Kier molecular flexibility index (Phi) is 5.84. The maximum absolute atomic E-state index is 6.07. The Labute approximate surface area is 160 Å². The molecule has 6 nitrogen and oxygen atoms in total. The van der Waals surface area contributed by atoms with Crippen molar-refractivity contribution < 1.29 is 9.47 Å². The average molecular weight is 368 g/mol. The van der Waals surface area contributed by atoms with Crippen molar-refractivity contribution in [3.05, 3.63) is 47.2 Å². The standard InChI is InChI=1S/C21H28N4O2/c1-25-12-6-5-9-17(25)15-27-21-23-19-13-22-11-10-18(19)20(24-21)26-14-16-7-3-2-4-8-16/h2-4,7-8,17,22H,5-6,9-15H2,1H3/t17-/m0/s1. The molecule has 27 heavy (non-hydrogen) atoms. The summed E-state index contributed by atoms with van der Waals surface area (Å²) in [6.07, 6.45) is 4.58. The molecule has 6 heteroatoms. The lowest BCUT2D eigenvalue weighted by Gasteiger charge is -2.31. The van der Waals surface area contributed by atoms with E-state index in [1.54, 1.807) is 0 Å². The molecule has 1 aromatic carbocycles. The van der Waals surface area contributed by atoms with Gasteiger partial charge >= 0.3 is 6.01 Å². The van der Waals surface area contributed by atoms with Crippen molar-refractivity contribution in [3.8, 4) is 11.9 Å². The Balaban J connectivity index is 1.48. The second-order valence-electron chi connectivity index (χ2n) is 7.38. The predicted molar refractivity (Wildman–Crippen MR) is 104 cm³/mol. The number of piperidine rings is 1. The molecule has 0 amide bonds. The molecule has 0 bridgehead atoms. The van der Waals surface area contributed by atoms with Crippen LogP contribution in [0.4, 0.5) is 0 Å². The highest BCUT2D eigenvalue weighted by Gasteiger charge is 2.22. The summed E-state index contributed by atoms with van der Waals surface area (Å²) in [7, 11) is 2.17. The van der Waals surface area contributed by atoms with Gasteiger partial charge in [-0.3, -0.25) is 0 Å². The first-order valence-electron chi connectivity index (χ1n) is 9.90. The number of rotatable bonds is 6. The number of nitrogens with one attached hydrogen (secondary N) is 1. The van der Waals surface area contributed by atoms with Gasteiger partial charge in [-0.2, -0.15) is 9.97 Å². The van der Waals surface area contributed by atoms with Crippen molar-refractivity contribution in [2.24, 2.45) is 0 Å². The molecular formula is C21H28N4O2. The van der Waals surface area contributed by atoms with Gasteiger partial charge in [0.25, 0.3) is 0 Å². The van der Waals surface area contributed by atoms with Crippen LogP contribution in [0.1, 0.15) is 36.1 Å². The molecule has 0 saturated carbocycles. The molecule has 1 N–H and O–H groups in total. The zero-order chi connectivity index (χ0) is 18.5. The second kappa shape index (κ2) is 8.67. The topological polar surface area (TPSA) is 59.5 Å². The van der Waals surface area contributed by atoms with E-state index in [9.17, 15) is 0 Å². The summed E-state index contributed by atoms with van der Waals surface area (Å²) < 4.78 is 12.1. The Hall–Kier alpha value is -2.18. The van der Waals surface area contributed by atoms with Gasteiger partial charge in [0, 0.05) is 18.2 Å². The molecule has 2 aliphatic heterocycles. The lowest BCUT2D eigenvalue weighted by molar-refractivity contribution is 0.118. The van der Waals surface area contributed by atoms with Crippen molar-refractivity contribution in [2.45, 2.75) is 44.9 Å². The van der Waals surface area contributed by atoms with E-state index in [1.165, 1.54) is 19.3 Å². The fourth-order valence-corrected chi connectivity index (χ4v) is 3.74. The van der Waals surface area contributed by atoms with Gasteiger partial charge in [0.2, 0.25) is 5.88 Å². The summed E-state index contributed by atoms with van der Waals surface area (Å²) in [5, 5.41) is 3.37. The number of hydrogen-bond acceptors (Lipinski definition) is 6. The largest absolute Gasteiger partial charge is 0.472 e. The minimum absolute atomic E-state index is 0.430. The van der Waals surface area contributed by atoms with Crippen LogP contribution in [0.2, 0.25) is 0 Å². The highest BCUT2D eigenvalue weighted by molar-refractivity contribution is 5.34. The molecule has 144 valence electrons. The van der Waals surface area contributed by atoms with E-state index in [2.05, 4.69) is 39.4 Å². The number of fused-ring (bicyclic) bond motifs is 1. The van der Waals surface area contributed by atoms with Gasteiger partial charge in [-0.05, 0) is 45.0 Å². The Morgan fingerprint density at radius 1 is 1.15 bits per heavy atom. The second-order valence-corrected chi connectivity index (χ2v) is 7.38. The van der Waals surface area contributed by atoms with E-state index < -0.39 is 0 Å². The van der Waals surface area contributed by atoms with Gasteiger partial charge in [0.15, 0.2) is 0 Å². The molecule has 0 aliphatic carbocycles. The number of hydrogen-bond donors (Lipinski definition) is 1.